The first-order chi connectivity index (χ1) is 16.7. The maximum absolute atomic E-state index is 13.3. The molecule has 2 fully saturated rings. The Balaban J connectivity index is 1.52. The van der Waals surface area contributed by atoms with Crippen LogP contribution in [0.25, 0.3) is 0 Å². The van der Waals surface area contributed by atoms with E-state index in [4.69, 9.17) is 23.1 Å². The van der Waals surface area contributed by atoms with Gasteiger partial charge >= 0.3 is 11.9 Å². The van der Waals surface area contributed by atoms with Gasteiger partial charge in [0, 0.05) is 30.3 Å². The zero-order chi connectivity index (χ0) is 25.3. The van der Waals surface area contributed by atoms with Crippen molar-refractivity contribution < 1.29 is 24.6 Å². The number of benzene rings is 1. The van der Waals surface area contributed by atoms with Gasteiger partial charge in [-0.05, 0) is 29.0 Å². The second-order valence-corrected chi connectivity index (χ2v) is 10.9. The van der Waals surface area contributed by atoms with Crippen LogP contribution >= 0.6 is 35.7 Å². The fraction of sp³-hybridized carbons (Fsp3) is 0.450. The first-order valence-electron chi connectivity index (χ1n) is 10.5. The van der Waals surface area contributed by atoms with Crippen LogP contribution in [0.4, 0.5) is 5.69 Å². The molecule has 1 aromatic carbocycles. The van der Waals surface area contributed by atoms with E-state index in [9.17, 15) is 19.5 Å². The Hall–Kier alpha value is -2.75. The van der Waals surface area contributed by atoms with E-state index in [-0.39, 0.29) is 34.5 Å². The molecule has 1 aromatic heterocycles. The van der Waals surface area contributed by atoms with Crippen molar-refractivity contribution in [1.82, 2.24) is 25.1 Å². The fourth-order valence-electron chi connectivity index (χ4n) is 4.15. The van der Waals surface area contributed by atoms with Crippen LogP contribution in [0.3, 0.4) is 0 Å². The van der Waals surface area contributed by atoms with Crippen molar-refractivity contribution in [3.8, 4) is 0 Å². The number of aliphatic carboxylic acids is 2. The monoisotopic (exact) mass is 537 g/mol. The van der Waals surface area contributed by atoms with Crippen molar-refractivity contribution in [2.45, 2.75) is 36.6 Å². The molecule has 3 heterocycles. The number of anilines is 1. The third kappa shape index (κ3) is 4.72. The highest BCUT2D eigenvalue weighted by Gasteiger charge is 2.59. The number of rotatable bonds is 9. The summed E-state index contributed by atoms with van der Waals surface area (Å²) < 4.78 is 1.10. The van der Waals surface area contributed by atoms with Gasteiger partial charge < -0.3 is 25.7 Å². The molecule has 0 aliphatic carbocycles. The van der Waals surface area contributed by atoms with Crippen molar-refractivity contribution in [3.05, 3.63) is 29.8 Å². The number of carbonyl (C=O) groups excluding carboxylic acids is 1. The van der Waals surface area contributed by atoms with Gasteiger partial charge in [-0.15, -0.1) is 16.9 Å². The summed E-state index contributed by atoms with van der Waals surface area (Å²) in [7, 11) is 0. The van der Waals surface area contributed by atoms with Gasteiger partial charge in [-0.25, -0.2) is 4.68 Å². The first-order valence-corrected chi connectivity index (χ1v) is 13.0. The number of aromatic nitrogens is 4. The molecular formula is C20H23N7O5S3. The number of nitrogens with two attached hydrogens (primary N) is 1. The Kier molecular flexibility index (Phi) is 7.30. The van der Waals surface area contributed by atoms with Crippen molar-refractivity contribution >= 4 is 64.3 Å². The van der Waals surface area contributed by atoms with Gasteiger partial charge in [0.15, 0.2) is 0 Å². The Morgan fingerprint density at radius 1 is 1.37 bits per heavy atom. The van der Waals surface area contributed by atoms with Crippen LogP contribution in [0, 0.1) is 5.41 Å². The molecule has 2 unspecified atom stereocenters. The number of carboxylic acids is 2. The molecule has 4 N–H and O–H groups in total. The number of amides is 1. The number of fused-ring (bicyclic) bond motifs is 1. The molecule has 0 spiro atoms. The van der Waals surface area contributed by atoms with E-state index in [1.165, 1.54) is 11.8 Å². The van der Waals surface area contributed by atoms with Crippen molar-refractivity contribution in [1.29, 1.82) is 0 Å². The van der Waals surface area contributed by atoms with Crippen LogP contribution in [-0.2, 0) is 27.5 Å². The predicted octanol–water partition coefficient (Wildman–Crippen LogP) is 0.517. The molecule has 0 radical (unpaired) electrons. The summed E-state index contributed by atoms with van der Waals surface area (Å²) in [4.78, 5) is 40.6. The Bertz CT molecular complexity index is 1180. The van der Waals surface area contributed by atoms with E-state index in [1.807, 2.05) is 29.2 Å². The van der Waals surface area contributed by atoms with Crippen LogP contribution in [0.15, 0.2) is 29.4 Å². The number of β-lactam (4-membered cyclic amide) rings is 1. The van der Waals surface area contributed by atoms with Gasteiger partial charge in [0.05, 0.1) is 4.99 Å². The molecular weight excluding hydrogens is 514 g/mol. The van der Waals surface area contributed by atoms with Gasteiger partial charge in [-0.1, -0.05) is 42.2 Å². The van der Waals surface area contributed by atoms with Gasteiger partial charge in [-0.3, -0.25) is 14.4 Å². The second-order valence-electron chi connectivity index (χ2n) is 8.22. The third-order valence-electron chi connectivity index (χ3n) is 5.92. The molecule has 3 atom stereocenters. The Morgan fingerprint density at radius 2 is 2.11 bits per heavy atom. The van der Waals surface area contributed by atoms with Crippen LogP contribution in [0.5, 0.6) is 0 Å². The number of thioether (sulfide) groups is 2. The lowest BCUT2D eigenvalue weighted by atomic mass is 9.89. The molecule has 2 aliphatic heterocycles. The maximum atomic E-state index is 13.3. The summed E-state index contributed by atoms with van der Waals surface area (Å²) >= 11 is 7.94. The van der Waals surface area contributed by atoms with Crippen molar-refractivity contribution in [2.75, 3.05) is 23.0 Å². The molecule has 0 bridgehead atoms. The molecule has 1 amide bonds. The smallest absolute Gasteiger partial charge is 0.325 e. The first kappa shape index (κ1) is 25.3. The molecule has 12 nitrogen and oxygen atoms in total. The average molecular weight is 538 g/mol. The normalized spacial score (nSPS) is 23.4. The second kappa shape index (κ2) is 10.1. The largest absolute Gasteiger partial charge is 0.481 e. The molecule has 0 saturated carbocycles. The lowest BCUT2D eigenvalue weighted by molar-refractivity contribution is -0.155. The number of para-hydroxylation sites is 1. The van der Waals surface area contributed by atoms with Gasteiger partial charge in [0.25, 0.3) is 0 Å². The Morgan fingerprint density at radius 3 is 2.77 bits per heavy atom. The summed E-state index contributed by atoms with van der Waals surface area (Å²) in [5.74, 6) is -2.04. The van der Waals surface area contributed by atoms with E-state index in [1.54, 1.807) is 11.8 Å². The summed E-state index contributed by atoms with van der Waals surface area (Å²) in [6.45, 7) is 1.63. The number of hydrogen-bond acceptors (Lipinski definition) is 10. The number of nitrogens with zero attached hydrogens (tertiary/aromatic N) is 6. The molecule has 35 heavy (non-hydrogen) atoms. The quantitative estimate of drug-likeness (QED) is 0.230. The molecule has 2 aromatic rings. The predicted molar refractivity (Wildman–Crippen MR) is 133 cm³/mol. The highest BCUT2D eigenvalue weighted by molar-refractivity contribution is 8.00. The fourth-order valence-corrected chi connectivity index (χ4v) is 7.14. The molecule has 2 saturated heterocycles. The zero-order valence-corrected chi connectivity index (χ0v) is 21.1. The minimum atomic E-state index is -1.25. The van der Waals surface area contributed by atoms with Crippen molar-refractivity contribution in [3.63, 3.8) is 0 Å². The standard InChI is InChI=1S/C20H23N7O5S3/c1-11(33)27(13-5-3-2-4-12(13)6-21)15-16(30)25-8-20(18(31)32,9-34-17(15)25)10-35-19-22-23-24-26(19)7-14(28)29/h2-5,15,17H,6-10,21H2,1H3,(H,28,29)(H,31,32)/t15?,17-,20?/m1/s1. The molecule has 4 rings (SSSR count). The summed E-state index contributed by atoms with van der Waals surface area (Å²) in [5.41, 5.74) is 6.29. The van der Waals surface area contributed by atoms with E-state index >= 15 is 0 Å². The maximum Gasteiger partial charge on any atom is 0.325 e. The minimum absolute atomic E-state index is 0.0195. The summed E-state index contributed by atoms with van der Waals surface area (Å²) in [6.07, 6.45) is 0. The van der Waals surface area contributed by atoms with Crippen LogP contribution in [-0.4, -0.2) is 87.6 Å². The molecule has 15 heteroatoms. The number of thiocarbonyl (C=S) groups is 1. The average Bonchev–Trinajstić information content (AvgIpc) is 3.26. The lowest BCUT2D eigenvalue weighted by Gasteiger charge is -2.56. The zero-order valence-electron chi connectivity index (χ0n) is 18.6. The van der Waals surface area contributed by atoms with Gasteiger partial charge in [-0.2, -0.15) is 0 Å². The SMILES string of the molecule is CC(=S)N(c1ccccc1CN)C1C(=O)N2CC(CSc3nnnn3CC(=O)O)(C(=O)O)CS[C@H]12. The van der Waals surface area contributed by atoms with Gasteiger partial charge in [0.1, 0.15) is 23.4 Å². The summed E-state index contributed by atoms with van der Waals surface area (Å²) in [6, 6.07) is 6.95. The topological polar surface area (TPSA) is 168 Å². The van der Waals surface area contributed by atoms with E-state index < -0.39 is 29.9 Å². The third-order valence-corrected chi connectivity index (χ3v) is 8.94. The van der Waals surface area contributed by atoms with E-state index in [2.05, 4.69) is 15.5 Å². The van der Waals surface area contributed by atoms with Crippen LogP contribution in [0.2, 0.25) is 0 Å². The summed E-state index contributed by atoms with van der Waals surface area (Å²) in [5, 5.41) is 30.0. The van der Waals surface area contributed by atoms with Crippen LogP contribution < -0.4 is 10.6 Å². The van der Waals surface area contributed by atoms with Crippen molar-refractivity contribution in [2.24, 2.45) is 11.1 Å². The number of carboxylic acid groups (broad SMARTS) is 2. The highest BCUT2D eigenvalue weighted by Crippen LogP contribution is 2.46. The molecule has 2 aliphatic rings. The Labute approximate surface area is 214 Å². The number of hydrogen-bond donors (Lipinski definition) is 3. The minimum Gasteiger partial charge on any atom is -0.481 e. The van der Waals surface area contributed by atoms with Crippen LogP contribution in [0.1, 0.15) is 12.5 Å². The van der Waals surface area contributed by atoms with E-state index in [0.29, 0.717) is 11.5 Å². The highest BCUT2D eigenvalue weighted by atomic mass is 32.2. The number of carbonyl (C=O) groups is 3. The number of tetrazole rings is 1. The van der Waals surface area contributed by atoms with E-state index in [0.717, 1.165) is 27.7 Å². The van der Waals surface area contributed by atoms with Gasteiger partial charge in [0.2, 0.25) is 11.1 Å². The molecule has 186 valence electrons. The lowest BCUT2D eigenvalue weighted by Crippen LogP contribution is -2.74.